The number of hydrogen-bond acceptors (Lipinski definition) is 3. The van der Waals surface area contributed by atoms with Crippen molar-refractivity contribution in [2.24, 2.45) is 0 Å². The van der Waals surface area contributed by atoms with E-state index in [0.29, 0.717) is 11.9 Å². The number of amides is 1. The molecule has 0 radical (unpaired) electrons. The zero-order chi connectivity index (χ0) is 11.0. The molecule has 1 aliphatic carbocycles. The Morgan fingerprint density at radius 1 is 1.19 bits per heavy atom. The van der Waals surface area contributed by atoms with E-state index < -0.39 is 0 Å². The van der Waals surface area contributed by atoms with Gasteiger partial charge in [0.2, 0.25) is 5.91 Å². The molecule has 3 fully saturated rings. The quantitative estimate of drug-likeness (QED) is 0.691. The highest BCUT2D eigenvalue weighted by atomic mass is 16.2. The molecular formula is C12H21N3O. The van der Waals surface area contributed by atoms with Gasteiger partial charge in [0.1, 0.15) is 0 Å². The Morgan fingerprint density at radius 2 is 1.88 bits per heavy atom. The Labute approximate surface area is 96.7 Å². The molecule has 16 heavy (non-hydrogen) atoms. The molecule has 2 saturated heterocycles. The molecule has 4 heteroatoms. The number of carbonyl (C=O) groups excluding carboxylic acids is 1. The fourth-order valence-corrected chi connectivity index (χ4v) is 3.43. The standard InChI is InChI=1S/C12H21N3O/c16-11-9-12(5-1-2-6-12)14-15(11)10-3-7-13-8-4-10/h10,13-14H,1-9H2. The fourth-order valence-electron chi connectivity index (χ4n) is 3.43. The highest BCUT2D eigenvalue weighted by Crippen LogP contribution is 2.37. The van der Waals surface area contributed by atoms with Crippen LogP contribution in [0.5, 0.6) is 0 Å². The van der Waals surface area contributed by atoms with Crippen molar-refractivity contribution in [3.05, 3.63) is 0 Å². The van der Waals surface area contributed by atoms with Crippen LogP contribution in [0.2, 0.25) is 0 Å². The van der Waals surface area contributed by atoms with E-state index in [1.165, 1.54) is 25.7 Å². The van der Waals surface area contributed by atoms with Crippen LogP contribution in [-0.4, -0.2) is 35.6 Å². The zero-order valence-electron chi connectivity index (χ0n) is 9.80. The van der Waals surface area contributed by atoms with Crippen LogP contribution in [0.15, 0.2) is 0 Å². The van der Waals surface area contributed by atoms with Gasteiger partial charge in [-0.25, -0.2) is 5.43 Å². The number of rotatable bonds is 1. The molecule has 3 aliphatic rings. The van der Waals surface area contributed by atoms with Gasteiger partial charge >= 0.3 is 0 Å². The van der Waals surface area contributed by atoms with E-state index in [4.69, 9.17) is 0 Å². The monoisotopic (exact) mass is 223 g/mol. The minimum Gasteiger partial charge on any atom is -0.317 e. The topological polar surface area (TPSA) is 44.4 Å². The molecular weight excluding hydrogens is 202 g/mol. The van der Waals surface area contributed by atoms with Crippen LogP contribution in [0, 0.1) is 0 Å². The number of nitrogens with zero attached hydrogens (tertiary/aromatic N) is 1. The molecule has 90 valence electrons. The Kier molecular flexibility index (Phi) is 2.64. The van der Waals surface area contributed by atoms with Crippen molar-refractivity contribution < 1.29 is 4.79 Å². The lowest BCUT2D eigenvalue weighted by Crippen LogP contribution is -2.52. The third kappa shape index (κ3) is 1.74. The summed E-state index contributed by atoms with van der Waals surface area (Å²) >= 11 is 0. The molecule has 4 nitrogen and oxygen atoms in total. The van der Waals surface area contributed by atoms with Gasteiger partial charge in [-0.15, -0.1) is 0 Å². The normalized spacial score (nSPS) is 30.5. The predicted molar refractivity (Wildman–Crippen MR) is 61.7 cm³/mol. The van der Waals surface area contributed by atoms with Crippen LogP contribution in [0.3, 0.4) is 0 Å². The minimum absolute atomic E-state index is 0.141. The van der Waals surface area contributed by atoms with Gasteiger partial charge in [0.25, 0.3) is 0 Å². The van der Waals surface area contributed by atoms with E-state index >= 15 is 0 Å². The summed E-state index contributed by atoms with van der Waals surface area (Å²) in [6.07, 6.45) is 7.83. The number of nitrogens with one attached hydrogen (secondary N) is 2. The zero-order valence-corrected chi connectivity index (χ0v) is 9.80. The van der Waals surface area contributed by atoms with E-state index in [0.717, 1.165) is 32.4 Å². The van der Waals surface area contributed by atoms with Crippen LogP contribution in [0.25, 0.3) is 0 Å². The molecule has 3 rings (SSSR count). The lowest BCUT2D eigenvalue weighted by Gasteiger charge is -2.33. The molecule has 2 N–H and O–H groups in total. The van der Waals surface area contributed by atoms with Gasteiger partial charge in [-0.3, -0.25) is 9.80 Å². The molecule has 0 atom stereocenters. The molecule has 0 aromatic rings. The van der Waals surface area contributed by atoms with Crippen molar-refractivity contribution in [3.63, 3.8) is 0 Å². The third-order valence-electron chi connectivity index (χ3n) is 4.35. The van der Waals surface area contributed by atoms with Crippen molar-refractivity contribution in [1.82, 2.24) is 15.8 Å². The second kappa shape index (κ2) is 4.00. The summed E-state index contributed by atoms with van der Waals surface area (Å²) in [5, 5.41) is 5.31. The third-order valence-corrected chi connectivity index (χ3v) is 4.35. The minimum atomic E-state index is 0.141. The van der Waals surface area contributed by atoms with Crippen molar-refractivity contribution in [1.29, 1.82) is 0 Å². The van der Waals surface area contributed by atoms with Gasteiger partial charge in [0.05, 0.1) is 6.04 Å². The van der Waals surface area contributed by atoms with Gasteiger partial charge in [0, 0.05) is 12.0 Å². The van der Waals surface area contributed by atoms with Crippen molar-refractivity contribution in [2.75, 3.05) is 13.1 Å². The van der Waals surface area contributed by atoms with Crippen LogP contribution in [-0.2, 0) is 4.79 Å². The van der Waals surface area contributed by atoms with Gasteiger partial charge in [-0.2, -0.15) is 0 Å². The Bertz CT molecular complexity index is 280. The molecule has 1 spiro atoms. The lowest BCUT2D eigenvalue weighted by atomic mass is 9.96. The smallest absolute Gasteiger partial charge is 0.238 e. The van der Waals surface area contributed by atoms with E-state index in [-0.39, 0.29) is 5.54 Å². The Balaban J connectivity index is 1.69. The number of piperidine rings is 1. The second-order valence-corrected chi connectivity index (χ2v) is 5.52. The lowest BCUT2D eigenvalue weighted by molar-refractivity contribution is -0.132. The molecule has 0 aromatic carbocycles. The first-order valence-corrected chi connectivity index (χ1v) is 6.60. The predicted octanol–water partition coefficient (Wildman–Crippen LogP) is 0.788. The fraction of sp³-hybridized carbons (Fsp3) is 0.917. The number of hydrogen-bond donors (Lipinski definition) is 2. The van der Waals surface area contributed by atoms with E-state index in [1.807, 2.05) is 5.01 Å². The highest BCUT2D eigenvalue weighted by Gasteiger charge is 2.46. The molecule has 0 unspecified atom stereocenters. The van der Waals surface area contributed by atoms with Gasteiger partial charge in [-0.05, 0) is 38.8 Å². The first-order chi connectivity index (χ1) is 7.79. The van der Waals surface area contributed by atoms with E-state index in [2.05, 4.69) is 10.7 Å². The van der Waals surface area contributed by atoms with E-state index in [9.17, 15) is 4.79 Å². The SMILES string of the molecule is O=C1CC2(CCCC2)NN1C1CCNCC1. The van der Waals surface area contributed by atoms with Crippen molar-refractivity contribution >= 4 is 5.91 Å². The average molecular weight is 223 g/mol. The molecule has 0 bridgehead atoms. The van der Waals surface area contributed by atoms with Crippen LogP contribution >= 0.6 is 0 Å². The Morgan fingerprint density at radius 3 is 2.56 bits per heavy atom. The van der Waals surface area contributed by atoms with Crippen LogP contribution < -0.4 is 10.7 Å². The van der Waals surface area contributed by atoms with Gasteiger partial charge < -0.3 is 5.32 Å². The highest BCUT2D eigenvalue weighted by molar-refractivity contribution is 5.79. The molecule has 2 aliphatic heterocycles. The Hall–Kier alpha value is -0.610. The number of hydrazine groups is 1. The summed E-state index contributed by atoms with van der Waals surface area (Å²) in [5.74, 6) is 0.328. The first kappa shape index (κ1) is 10.5. The van der Waals surface area contributed by atoms with Crippen molar-refractivity contribution in [2.45, 2.75) is 56.5 Å². The summed E-state index contributed by atoms with van der Waals surface area (Å²) < 4.78 is 0. The second-order valence-electron chi connectivity index (χ2n) is 5.52. The first-order valence-electron chi connectivity index (χ1n) is 6.60. The maximum atomic E-state index is 12.1. The summed E-state index contributed by atoms with van der Waals surface area (Å²) in [5.41, 5.74) is 3.68. The molecule has 0 aromatic heterocycles. The summed E-state index contributed by atoms with van der Waals surface area (Å²) in [6.45, 7) is 2.09. The molecule has 1 amide bonds. The molecule has 1 saturated carbocycles. The van der Waals surface area contributed by atoms with Crippen LogP contribution in [0.4, 0.5) is 0 Å². The van der Waals surface area contributed by atoms with Crippen LogP contribution in [0.1, 0.15) is 44.9 Å². The maximum Gasteiger partial charge on any atom is 0.238 e. The maximum absolute atomic E-state index is 12.1. The van der Waals surface area contributed by atoms with Crippen molar-refractivity contribution in [3.8, 4) is 0 Å². The van der Waals surface area contributed by atoms with Gasteiger partial charge in [0.15, 0.2) is 0 Å². The largest absolute Gasteiger partial charge is 0.317 e. The average Bonchev–Trinajstić information content (AvgIpc) is 2.88. The number of carbonyl (C=O) groups is 1. The molecule has 2 heterocycles. The summed E-state index contributed by atoms with van der Waals surface area (Å²) in [6, 6.07) is 0.425. The summed E-state index contributed by atoms with van der Waals surface area (Å²) in [4.78, 5) is 12.1. The van der Waals surface area contributed by atoms with Gasteiger partial charge in [-0.1, -0.05) is 12.8 Å². The van der Waals surface area contributed by atoms with E-state index in [1.54, 1.807) is 0 Å². The summed E-state index contributed by atoms with van der Waals surface area (Å²) in [7, 11) is 0.